The molecule has 0 amide bonds. The number of sulfone groups is 1. The van der Waals surface area contributed by atoms with E-state index in [9.17, 15) is 8.42 Å². The predicted molar refractivity (Wildman–Crippen MR) is 71.1 cm³/mol. The summed E-state index contributed by atoms with van der Waals surface area (Å²) in [6, 6.07) is 6.41. The first-order valence-electron chi connectivity index (χ1n) is 5.04. The minimum Gasteiger partial charge on any atom is -0.224 e. The Morgan fingerprint density at radius 1 is 1.44 bits per heavy atom. The van der Waals surface area contributed by atoms with Crippen LogP contribution in [0.15, 0.2) is 29.2 Å². The third-order valence-electron chi connectivity index (χ3n) is 2.41. The molecule has 0 aliphatic carbocycles. The molecule has 0 heterocycles. The highest BCUT2D eigenvalue weighted by Gasteiger charge is 2.19. The van der Waals surface area contributed by atoms with E-state index in [1.165, 1.54) is 6.07 Å². The van der Waals surface area contributed by atoms with Gasteiger partial charge in [-0.1, -0.05) is 46.9 Å². The van der Waals surface area contributed by atoms with Crippen LogP contribution in [0.4, 0.5) is 0 Å². The summed E-state index contributed by atoms with van der Waals surface area (Å²) in [4.78, 5) is 0.305. The Bertz CT molecular complexity index is 441. The van der Waals surface area contributed by atoms with E-state index < -0.39 is 9.84 Å². The normalized spacial score (nSPS) is 13.7. The molecular weight excluding hydrogens is 312 g/mol. The SMILES string of the molecule is CCC(CBr)CS(=O)(=O)c1cccc(Cl)c1. The summed E-state index contributed by atoms with van der Waals surface area (Å²) in [5, 5.41) is 1.15. The van der Waals surface area contributed by atoms with Gasteiger partial charge in [0.1, 0.15) is 0 Å². The predicted octanol–water partition coefficient (Wildman–Crippen LogP) is 3.53. The van der Waals surface area contributed by atoms with E-state index >= 15 is 0 Å². The van der Waals surface area contributed by atoms with Crippen LogP contribution >= 0.6 is 27.5 Å². The molecule has 1 aromatic rings. The molecule has 90 valence electrons. The monoisotopic (exact) mass is 324 g/mol. The number of hydrogen-bond donors (Lipinski definition) is 0. The zero-order valence-corrected chi connectivity index (χ0v) is 12.1. The Balaban J connectivity index is 2.94. The highest BCUT2D eigenvalue weighted by molar-refractivity contribution is 9.09. The van der Waals surface area contributed by atoms with Crippen molar-refractivity contribution >= 4 is 37.4 Å². The van der Waals surface area contributed by atoms with Crippen LogP contribution in [0.5, 0.6) is 0 Å². The van der Waals surface area contributed by atoms with Gasteiger partial charge in [0.05, 0.1) is 10.6 Å². The van der Waals surface area contributed by atoms with E-state index in [0.29, 0.717) is 15.2 Å². The number of alkyl halides is 1. The summed E-state index contributed by atoms with van der Waals surface area (Å²) in [5.41, 5.74) is 0. The lowest BCUT2D eigenvalue weighted by Crippen LogP contribution is -2.17. The lowest BCUT2D eigenvalue weighted by atomic mass is 10.2. The fraction of sp³-hybridized carbons (Fsp3) is 0.455. The fourth-order valence-corrected chi connectivity index (χ4v) is 4.34. The molecule has 0 fully saturated rings. The molecular formula is C11H14BrClO2S. The average Bonchev–Trinajstić information content (AvgIpc) is 2.26. The Labute approximate surface area is 110 Å². The van der Waals surface area contributed by atoms with Gasteiger partial charge in [-0.25, -0.2) is 8.42 Å². The highest BCUT2D eigenvalue weighted by Crippen LogP contribution is 2.20. The van der Waals surface area contributed by atoms with E-state index in [1.54, 1.807) is 18.2 Å². The maximum Gasteiger partial charge on any atom is 0.178 e. The van der Waals surface area contributed by atoms with Crippen LogP contribution in [0.3, 0.4) is 0 Å². The first-order valence-corrected chi connectivity index (χ1v) is 8.19. The number of benzene rings is 1. The summed E-state index contributed by atoms with van der Waals surface area (Å²) < 4.78 is 24.1. The largest absolute Gasteiger partial charge is 0.224 e. The molecule has 0 bridgehead atoms. The van der Waals surface area contributed by atoms with Gasteiger partial charge in [-0.05, 0) is 24.1 Å². The molecule has 0 spiro atoms. The van der Waals surface area contributed by atoms with Crippen molar-refractivity contribution in [2.45, 2.75) is 18.2 Å². The topological polar surface area (TPSA) is 34.1 Å². The summed E-state index contributed by atoms with van der Waals surface area (Å²) >= 11 is 9.11. The minimum atomic E-state index is -3.22. The van der Waals surface area contributed by atoms with Gasteiger partial charge in [-0.3, -0.25) is 0 Å². The van der Waals surface area contributed by atoms with Crippen LogP contribution in [0.25, 0.3) is 0 Å². The first kappa shape index (κ1) is 14.0. The van der Waals surface area contributed by atoms with Gasteiger partial charge in [-0.2, -0.15) is 0 Å². The molecule has 5 heteroatoms. The van der Waals surface area contributed by atoms with Crippen molar-refractivity contribution in [2.24, 2.45) is 5.92 Å². The van der Waals surface area contributed by atoms with Gasteiger partial charge < -0.3 is 0 Å². The standard InChI is InChI=1S/C11H14BrClO2S/c1-2-9(7-12)8-16(14,15)11-5-3-4-10(13)6-11/h3-6,9H,2,7-8H2,1H3. The Morgan fingerprint density at radius 3 is 2.62 bits per heavy atom. The second-order valence-electron chi connectivity index (χ2n) is 3.67. The van der Waals surface area contributed by atoms with E-state index in [1.807, 2.05) is 6.92 Å². The van der Waals surface area contributed by atoms with Gasteiger partial charge in [-0.15, -0.1) is 0 Å². The maximum atomic E-state index is 12.0. The molecule has 1 atom stereocenters. The third kappa shape index (κ3) is 3.75. The Hall–Kier alpha value is -0.0600. The summed E-state index contributed by atoms with van der Waals surface area (Å²) in [5.74, 6) is 0.304. The van der Waals surface area contributed by atoms with E-state index in [-0.39, 0.29) is 11.7 Å². The van der Waals surface area contributed by atoms with Crippen molar-refractivity contribution < 1.29 is 8.42 Å². The molecule has 0 radical (unpaired) electrons. The van der Waals surface area contributed by atoms with Crippen molar-refractivity contribution in [3.63, 3.8) is 0 Å². The summed E-state index contributed by atoms with van der Waals surface area (Å²) in [6.07, 6.45) is 0.838. The van der Waals surface area contributed by atoms with Gasteiger partial charge in [0.15, 0.2) is 9.84 Å². The van der Waals surface area contributed by atoms with Crippen LogP contribution in [0, 0.1) is 5.92 Å². The minimum absolute atomic E-state index is 0.143. The van der Waals surface area contributed by atoms with Crippen molar-refractivity contribution in [3.8, 4) is 0 Å². The number of halogens is 2. The zero-order valence-electron chi connectivity index (χ0n) is 8.99. The molecule has 0 N–H and O–H groups in total. The van der Waals surface area contributed by atoms with E-state index in [0.717, 1.165) is 6.42 Å². The van der Waals surface area contributed by atoms with Gasteiger partial charge in [0, 0.05) is 10.4 Å². The van der Waals surface area contributed by atoms with E-state index in [2.05, 4.69) is 15.9 Å². The zero-order chi connectivity index (χ0) is 12.2. The molecule has 0 aliphatic heterocycles. The molecule has 1 rings (SSSR count). The second kappa shape index (κ2) is 6.03. The molecule has 1 unspecified atom stereocenters. The Morgan fingerprint density at radius 2 is 2.12 bits per heavy atom. The lowest BCUT2D eigenvalue weighted by Gasteiger charge is -2.11. The Kier molecular flexibility index (Phi) is 5.28. The van der Waals surface area contributed by atoms with Gasteiger partial charge in [0.25, 0.3) is 0 Å². The number of hydrogen-bond acceptors (Lipinski definition) is 2. The molecule has 0 saturated heterocycles. The van der Waals surface area contributed by atoms with Crippen LogP contribution in [0.2, 0.25) is 5.02 Å². The number of rotatable bonds is 5. The summed E-state index contributed by atoms with van der Waals surface area (Å²) in [7, 11) is -3.22. The second-order valence-corrected chi connectivity index (χ2v) is 6.79. The fourth-order valence-electron chi connectivity index (χ4n) is 1.34. The van der Waals surface area contributed by atoms with Crippen LogP contribution < -0.4 is 0 Å². The van der Waals surface area contributed by atoms with Crippen molar-refractivity contribution in [2.75, 3.05) is 11.1 Å². The lowest BCUT2D eigenvalue weighted by molar-refractivity contribution is 0.569. The first-order chi connectivity index (χ1) is 7.49. The third-order valence-corrected chi connectivity index (χ3v) is 5.44. The van der Waals surface area contributed by atoms with Crippen LogP contribution in [-0.2, 0) is 9.84 Å². The van der Waals surface area contributed by atoms with Crippen molar-refractivity contribution in [1.82, 2.24) is 0 Å². The van der Waals surface area contributed by atoms with Crippen LogP contribution in [0.1, 0.15) is 13.3 Å². The van der Waals surface area contributed by atoms with Gasteiger partial charge in [0.2, 0.25) is 0 Å². The molecule has 0 aromatic heterocycles. The molecule has 0 aliphatic rings. The maximum absolute atomic E-state index is 12.0. The smallest absolute Gasteiger partial charge is 0.178 e. The van der Waals surface area contributed by atoms with Crippen LogP contribution in [-0.4, -0.2) is 19.5 Å². The van der Waals surface area contributed by atoms with Crippen molar-refractivity contribution in [3.05, 3.63) is 29.3 Å². The molecule has 0 saturated carbocycles. The van der Waals surface area contributed by atoms with E-state index in [4.69, 9.17) is 11.6 Å². The van der Waals surface area contributed by atoms with Crippen molar-refractivity contribution in [1.29, 1.82) is 0 Å². The molecule has 1 aromatic carbocycles. The highest BCUT2D eigenvalue weighted by atomic mass is 79.9. The summed E-state index contributed by atoms with van der Waals surface area (Å²) in [6.45, 7) is 1.99. The molecule has 2 nitrogen and oxygen atoms in total. The van der Waals surface area contributed by atoms with Gasteiger partial charge >= 0.3 is 0 Å². The molecule has 16 heavy (non-hydrogen) atoms. The average molecular weight is 326 g/mol. The quantitative estimate of drug-likeness (QED) is 0.776.